The monoisotopic (exact) mass is 397 g/mol. The lowest BCUT2D eigenvalue weighted by molar-refractivity contribution is 0.390. The molecule has 2 aromatic carbocycles. The Morgan fingerprint density at radius 1 is 1.11 bits per heavy atom. The van der Waals surface area contributed by atoms with Gasteiger partial charge in [-0.1, -0.05) is 29.1 Å². The largest absolute Gasteiger partial charge is 0.496 e. The summed E-state index contributed by atoms with van der Waals surface area (Å²) in [6, 6.07) is 13.6. The Balaban J connectivity index is 1.54. The maximum atomic E-state index is 13.2. The van der Waals surface area contributed by atoms with E-state index in [0.717, 1.165) is 11.3 Å². The standard InChI is InChI=1S/C19H16FN5O2S/c1-12-22-23-19(25(12)14-9-7-13(20)8-10-14)28-11-17-21-18(24-27-17)15-5-3-4-6-16(15)26-2/h3-10H,11H2,1-2H3. The van der Waals surface area contributed by atoms with Gasteiger partial charge in [-0.3, -0.25) is 4.57 Å². The number of ether oxygens (including phenoxy) is 1. The van der Waals surface area contributed by atoms with Gasteiger partial charge in [0.1, 0.15) is 17.4 Å². The summed E-state index contributed by atoms with van der Waals surface area (Å²) in [4.78, 5) is 4.44. The second-order valence-electron chi connectivity index (χ2n) is 5.84. The zero-order chi connectivity index (χ0) is 19.5. The van der Waals surface area contributed by atoms with Crippen LogP contribution in [0.5, 0.6) is 5.75 Å². The Kier molecular flexibility index (Phi) is 5.07. The third-order valence-electron chi connectivity index (χ3n) is 4.02. The second-order valence-corrected chi connectivity index (χ2v) is 6.78. The maximum absolute atomic E-state index is 13.2. The molecule has 4 rings (SSSR count). The number of halogens is 1. The summed E-state index contributed by atoms with van der Waals surface area (Å²) in [6.45, 7) is 1.84. The van der Waals surface area contributed by atoms with Crippen molar-refractivity contribution in [2.45, 2.75) is 17.8 Å². The molecule has 0 radical (unpaired) electrons. The molecule has 0 spiro atoms. The van der Waals surface area contributed by atoms with E-state index in [2.05, 4.69) is 20.3 Å². The molecule has 0 saturated carbocycles. The van der Waals surface area contributed by atoms with E-state index >= 15 is 0 Å². The van der Waals surface area contributed by atoms with Gasteiger partial charge in [0.25, 0.3) is 0 Å². The first-order valence-electron chi connectivity index (χ1n) is 8.42. The van der Waals surface area contributed by atoms with Gasteiger partial charge in [0.15, 0.2) is 5.16 Å². The molecule has 0 bridgehead atoms. The predicted octanol–water partition coefficient (Wildman–Crippen LogP) is 4.07. The van der Waals surface area contributed by atoms with E-state index in [1.165, 1.54) is 23.9 Å². The van der Waals surface area contributed by atoms with Crippen LogP contribution in [0.15, 0.2) is 58.2 Å². The first-order valence-corrected chi connectivity index (χ1v) is 9.41. The van der Waals surface area contributed by atoms with Crippen molar-refractivity contribution in [3.05, 3.63) is 66.1 Å². The van der Waals surface area contributed by atoms with Crippen LogP contribution in [0.2, 0.25) is 0 Å². The van der Waals surface area contributed by atoms with E-state index in [4.69, 9.17) is 9.26 Å². The third-order valence-corrected chi connectivity index (χ3v) is 4.93. The zero-order valence-corrected chi connectivity index (χ0v) is 16.0. The van der Waals surface area contributed by atoms with E-state index in [0.29, 0.717) is 34.2 Å². The van der Waals surface area contributed by atoms with E-state index in [1.807, 2.05) is 35.8 Å². The third kappa shape index (κ3) is 3.61. The van der Waals surface area contributed by atoms with Crippen molar-refractivity contribution in [1.82, 2.24) is 24.9 Å². The Morgan fingerprint density at radius 3 is 2.68 bits per heavy atom. The highest BCUT2D eigenvalue weighted by molar-refractivity contribution is 7.98. The number of rotatable bonds is 6. The SMILES string of the molecule is COc1ccccc1-c1noc(CSc2nnc(C)n2-c2ccc(F)cc2)n1. The van der Waals surface area contributed by atoms with Crippen molar-refractivity contribution in [2.24, 2.45) is 0 Å². The van der Waals surface area contributed by atoms with Crippen molar-refractivity contribution in [1.29, 1.82) is 0 Å². The predicted molar refractivity (Wildman–Crippen MR) is 102 cm³/mol. The number of hydrogen-bond acceptors (Lipinski definition) is 7. The van der Waals surface area contributed by atoms with Crippen LogP contribution in [0.25, 0.3) is 17.1 Å². The molecule has 7 nitrogen and oxygen atoms in total. The fraction of sp³-hybridized carbons (Fsp3) is 0.158. The van der Waals surface area contributed by atoms with Crippen molar-refractivity contribution in [2.75, 3.05) is 7.11 Å². The number of nitrogens with zero attached hydrogens (tertiary/aromatic N) is 5. The number of aromatic nitrogens is 5. The molecule has 0 aliphatic carbocycles. The summed E-state index contributed by atoms with van der Waals surface area (Å²) < 4.78 is 25.8. The van der Waals surface area contributed by atoms with Crippen LogP contribution in [0.3, 0.4) is 0 Å². The Morgan fingerprint density at radius 2 is 1.89 bits per heavy atom. The van der Waals surface area contributed by atoms with Gasteiger partial charge in [0.2, 0.25) is 11.7 Å². The molecule has 28 heavy (non-hydrogen) atoms. The summed E-state index contributed by atoms with van der Waals surface area (Å²) in [5.74, 6) is 2.42. The Labute approximate surface area is 164 Å². The number of hydrogen-bond donors (Lipinski definition) is 0. The Bertz CT molecular complexity index is 1090. The van der Waals surface area contributed by atoms with Crippen LogP contribution in [0.4, 0.5) is 4.39 Å². The number of methoxy groups -OCH3 is 1. The highest BCUT2D eigenvalue weighted by Crippen LogP contribution is 2.29. The summed E-state index contributed by atoms with van der Waals surface area (Å²) in [7, 11) is 1.60. The van der Waals surface area contributed by atoms with Gasteiger partial charge in [0, 0.05) is 5.69 Å². The molecular formula is C19H16FN5O2S. The quantitative estimate of drug-likeness (QED) is 0.454. The summed E-state index contributed by atoms with van der Waals surface area (Å²) >= 11 is 1.41. The molecule has 0 aliphatic heterocycles. The van der Waals surface area contributed by atoms with E-state index in [1.54, 1.807) is 19.2 Å². The lowest BCUT2D eigenvalue weighted by atomic mass is 10.2. The smallest absolute Gasteiger partial charge is 0.237 e. The Hall–Kier alpha value is -3.20. The number of aryl methyl sites for hydroxylation is 1. The number of para-hydroxylation sites is 1. The lowest BCUT2D eigenvalue weighted by Gasteiger charge is -2.07. The molecule has 2 heterocycles. The van der Waals surface area contributed by atoms with Crippen molar-refractivity contribution in [3.63, 3.8) is 0 Å². The van der Waals surface area contributed by atoms with Crippen LogP contribution < -0.4 is 4.74 Å². The molecule has 0 N–H and O–H groups in total. The summed E-state index contributed by atoms with van der Waals surface area (Å²) in [5, 5.41) is 13.0. The zero-order valence-electron chi connectivity index (χ0n) is 15.2. The molecule has 0 saturated heterocycles. The molecule has 0 amide bonds. The first kappa shape index (κ1) is 18.2. The average molecular weight is 397 g/mol. The molecule has 142 valence electrons. The van der Waals surface area contributed by atoms with Gasteiger partial charge in [-0.05, 0) is 43.3 Å². The van der Waals surface area contributed by atoms with Crippen LogP contribution >= 0.6 is 11.8 Å². The molecule has 0 atom stereocenters. The summed E-state index contributed by atoms with van der Waals surface area (Å²) in [5.41, 5.74) is 1.54. The van der Waals surface area contributed by atoms with Gasteiger partial charge in [-0.15, -0.1) is 10.2 Å². The van der Waals surface area contributed by atoms with E-state index in [9.17, 15) is 4.39 Å². The van der Waals surface area contributed by atoms with Crippen molar-refractivity contribution >= 4 is 11.8 Å². The van der Waals surface area contributed by atoms with Crippen LogP contribution in [0.1, 0.15) is 11.7 Å². The molecule has 0 aliphatic rings. The second kappa shape index (κ2) is 7.81. The van der Waals surface area contributed by atoms with Gasteiger partial charge in [0.05, 0.1) is 18.4 Å². The molecule has 9 heteroatoms. The number of thioether (sulfide) groups is 1. The normalized spacial score (nSPS) is 11.0. The van der Waals surface area contributed by atoms with Gasteiger partial charge in [-0.25, -0.2) is 4.39 Å². The topological polar surface area (TPSA) is 78.9 Å². The lowest BCUT2D eigenvalue weighted by Crippen LogP contribution is -1.99. The highest BCUT2D eigenvalue weighted by Gasteiger charge is 2.16. The fourth-order valence-corrected chi connectivity index (χ4v) is 3.54. The average Bonchev–Trinajstić information content (AvgIpc) is 3.34. The minimum absolute atomic E-state index is 0.293. The van der Waals surface area contributed by atoms with Crippen molar-refractivity contribution < 1.29 is 13.7 Å². The summed E-state index contributed by atoms with van der Waals surface area (Å²) in [6.07, 6.45) is 0. The van der Waals surface area contributed by atoms with Crippen LogP contribution in [-0.4, -0.2) is 32.0 Å². The van der Waals surface area contributed by atoms with Crippen LogP contribution in [-0.2, 0) is 5.75 Å². The van der Waals surface area contributed by atoms with Gasteiger partial charge < -0.3 is 9.26 Å². The maximum Gasteiger partial charge on any atom is 0.237 e. The fourth-order valence-electron chi connectivity index (χ4n) is 2.70. The molecular weight excluding hydrogens is 381 g/mol. The highest BCUT2D eigenvalue weighted by atomic mass is 32.2. The minimum atomic E-state index is -0.293. The molecule has 2 aromatic heterocycles. The minimum Gasteiger partial charge on any atom is -0.496 e. The molecule has 0 unspecified atom stereocenters. The van der Waals surface area contributed by atoms with Crippen LogP contribution in [0, 0.1) is 12.7 Å². The van der Waals surface area contributed by atoms with E-state index in [-0.39, 0.29) is 5.82 Å². The van der Waals surface area contributed by atoms with E-state index < -0.39 is 0 Å². The van der Waals surface area contributed by atoms with Gasteiger partial charge in [-0.2, -0.15) is 4.98 Å². The first-order chi connectivity index (χ1) is 13.7. The van der Waals surface area contributed by atoms with Gasteiger partial charge >= 0.3 is 0 Å². The molecule has 4 aromatic rings. The van der Waals surface area contributed by atoms with Crippen molar-refractivity contribution in [3.8, 4) is 22.8 Å². The number of benzene rings is 2. The molecule has 0 fully saturated rings.